The van der Waals surface area contributed by atoms with E-state index in [2.05, 4.69) is 21.2 Å². The summed E-state index contributed by atoms with van der Waals surface area (Å²) in [5.74, 6) is -0.393. The summed E-state index contributed by atoms with van der Waals surface area (Å²) in [6.07, 6.45) is -0.175. The van der Waals surface area contributed by atoms with Crippen LogP contribution in [-0.2, 0) is 31.5 Å². The molecule has 0 saturated carbocycles. The third kappa shape index (κ3) is 4.84. The number of amides is 1. The van der Waals surface area contributed by atoms with Crippen LogP contribution in [0, 0.1) is 0 Å². The zero-order valence-corrected chi connectivity index (χ0v) is 20.1. The van der Waals surface area contributed by atoms with Gasteiger partial charge in [-0.25, -0.2) is 8.42 Å². The lowest BCUT2D eigenvalue weighted by molar-refractivity contribution is -0.123. The molecule has 0 aromatic heterocycles. The predicted octanol–water partition coefficient (Wildman–Crippen LogP) is 3.98. The number of alkyl halides is 1. The molecule has 0 unspecified atom stereocenters. The van der Waals surface area contributed by atoms with Gasteiger partial charge in [-0.1, -0.05) is 69.5 Å². The summed E-state index contributed by atoms with van der Waals surface area (Å²) in [6.45, 7) is 0.380. The molecule has 0 aliphatic carbocycles. The highest BCUT2D eigenvalue weighted by Gasteiger charge is 2.45. The number of sulfonamides is 1. The standard InChI is InChI=1S/C20H21BrCl2N2O4S/c1-24-20(26)17-9-14(29-12-13-5-3-2-4-6-13)11-25(17)30(27,28)18-8-7-16(22)15(10-21)19(18)23/h2-8,14,17H,9-12H2,1H3,(H,24,26)/t14-,17+/m1/s1. The molecule has 10 heteroatoms. The number of benzene rings is 2. The van der Waals surface area contributed by atoms with Gasteiger partial charge in [0.1, 0.15) is 10.9 Å². The van der Waals surface area contributed by atoms with Gasteiger partial charge in [0.25, 0.3) is 0 Å². The Bertz CT molecular complexity index is 1020. The zero-order chi connectivity index (χ0) is 21.9. The molecule has 2 aromatic rings. The number of nitrogens with zero attached hydrogens (tertiary/aromatic N) is 1. The first kappa shape index (κ1) is 23.5. The van der Waals surface area contributed by atoms with Gasteiger partial charge in [0.05, 0.1) is 17.7 Å². The van der Waals surface area contributed by atoms with Crippen molar-refractivity contribution in [1.82, 2.24) is 9.62 Å². The lowest BCUT2D eigenvalue weighted by Crippen LogP contribution is -2.44. The van der Waals surface area contributed by atoms with Crippen molar-refractivity contribution in [3.05, 3.63) is 63.6 Å². The Kier molecular flexibility index (Phi) is 7.81. The number of carbonyl (C=O) groups excluding carboxylic acids is 1. The Balaban J connectivity index is 1.88. The Hall–Kier alpha value is -1.16. The number of halogens is 3. The molecule has 1 aliphatic heterocycles. The van der Waals surface area contributed by atoms with Crippen LogP contribution in [0.5, 0.6) is 0 Å². The van der Waals surface area contributed by atoms with Gasteiger partial charge >= 0.3 is 0 Å². The van der Waals surface area contributed by atoms with Crippen molar-refractivity contribution in [2.75, 3.05) is 13.6 Å². The molecular weight excluding hydrogens is 515 g/mol. The molecule has 1 N–H and O–H groups in total. The lowest BCUT2D eigenvalue weighted by Gasteiger charge is -2.23. The molecule has 1 amide bonds. The van der Waals surface area contributed by atoms with E-state index in [4.69, 9.17) is 27.9 Å². The molecule has 2 aromatic carbocycles. The van der Waals surface area contributed by atoms with Crippen molar-refractivity contribution in [3.8, 4) is 0 Å². The van der Waals surface area contributed by atoms with Crippen LogP contribution in [0.15, 0.2) is 47.4 Å². The van der Waals surface area contributed by atoms with Gasteiger partial charge in [0.2, 0.25) is 15.9 Å². The van der Waals surface area contributed by atoms with E-state index in [1.54, 1.807) is 0 Å². The number of nitrogens with one attached hydrogen (secondary N) is 1. The Morgan fingerprint density at radius 2 is 1.93 bits per heavy atom. The minimum atomic E-state index is -4.06. The van der Waals surface area contributed by atoms with Crippen LogP contribution in [0.4, 0.5) is 0 Å². The second-order valence-electron chi connectivity index (χ2n) is 6.83. The maximum Gasteiger partial charge on any atom is 0.245 e. The maximum atomic E-state index is 13.4. The van der Waals surface area contributed by atoms with Crippen LogP contribution in [0.2, 0.25) is 10.0 Å². The van der Waals surface area contributed by atoms with E-state index in [9.17, 15) is 13.2 Å². The topological polar surface area (TPSA) is 75.7 Å². The third-order valence-electron chi connectivity index (χ3n) is 4.97. The maximum absolute atomic E-state index is 13.4. The van der Waals surface area contributed by atoms with Crippen LogP contribution in [0.1, 0.15) is 17.5 Å². The van der Waals surface area contributed by atoms with Crippen LogP contribution >= 0.6 is 39.1 Å². The highest BCUT2D eigenvalue weighted by Crippen LogP contribution is 2.36. The Labute approximate surface area is 194 Å². The summed E-state index contributed by atoms with van der Waals surface area (Å²) in [5, 5.41) is 3.25. The second-order valence-corrected chi connectivity index (χ2v) is 10.0. The van der Waals surface area contributed by atoms with E-state index in [0.717, 1.165) is 9.87 Å². The lowest BCUT2D eigenvalue weighted by atomic mass is 10.2. The average Bonchev–Trinajstić information content (AvgIpc) is 3.18. The predicted molar refractivity (Wildman–Crippen MR) is 120 cm³/mol. The summed E-state index contributed by atoms with van der Waals surface area (Å²) < 4.78 is 33.9. The first-order chi connectivity index (χ1) is 14.3. The first-order valence-corrected chi connectivity index (χ1v) is 12.5. The fourth-order valence-electron chi connectivity index (χ4n) is 3.37. The quantitative estimate of drug-likeness (QED) is 0.544. The highest BCUT2D eigenvalue weighted by atomic mass is 79.9. The van der Waals surface area contributed by atoms with Crippen LogP contribution in [0.3, 0.4) is 0 Å². The molecule has 1 heterocycles. The number of carbonyl (C=O) groups is 1. The van der Waals surface area contributed by atoms with Crippen LogP contribution in [-0.4, -0.2) is 44.4 Å². The fraction of sp³-hybridized carbons (Fsp3) is 0.350. The Morgan fingerprint density at radius 3 is 2.57 bits per heavy atom. The number of ether oxygens (including phenoxy) is 1. The molecule has 0 bridgehead atoms. The van der Waals surface area contributed by atoms with Gasteiger partial charge in [0.15, 0.2) is 0 Å². The first-order valence-electron chi connectivity index (χ1n) is 9.21. The largest absolute Gasteiger partial charge is 0.372 e. The second kappa shape index (κ2) is 9.97. The molecule has 0 radical (unpaired) electrons. The number of hydrogen-bond acceptors (Lipinski definition) is 4. The number of hydrogen-bond donors (Lipinski definition) is 1. The fourth-order valence-corrected chi connectivity index (χ4v) is 6.80. The van der Waals surface area contributed by atoms with Gasteiger partial charge in [-0.05, 0) is 17.7 Å². The van der Waals surface area contributed by atoms with Crippen molar-refractivity contribution in [1.29, 1.82) is 0 Å². The van der Waals surface area contributed by atoms with E-state index >= 15 is 0 Å². The minimum absolute atomic E-state index is 0.0451. The molecule has 1 aliphatic rings. The monoisotopic (exact) mass is 534 g/mol. The molecule has 162 valence electrons. The van der Waals surface area contributed by atoms with Crippen molar-refractivity contribution >= 4 is 55.1 Å². The molecular formula is C20H21BrCl2N2O4S. The van der Waals surface area contributed by atoms with Crippen molar-refractivity contribution in [2.24, 2.45) is 0 Å². The van der Waals surface area contributed by atoms with Gasteiger partial charge in [-0.2, -0.15) is 4.31 Å². The molecule has 2 atom stereocenters. The van der Waals surface area contributed by atoms with Gasteiger partial charge in [0, 0.05) is 35.9 Å². The van der Waals surface area contributed by atoms with Crippen molar-refractivity contribution in [3.63, 3.8) is 0 Å². The third-order valence-corrected chi connectivity index (χ3v) is 8.34. The van der Waals surface area contributed by atoms with E-state index < -0.39 is 28.1 Å². The number of likely N-dealkylation sites (N-methyl/N-ethyl adjacent to an activating group) is 1. The van der Waals surface area contributed by atoms with E-state index in [1.807, 2.05) is 30.3 Å². The van der Waals surface area contributed by atoms with Crippen molar-refractivity contribution in [2.45, 2.75) is 35.4 Å². The van der Waals surface area contributed by atoms with Gasteiger partial charge in [-0.15, -0.1) is 0 Å². The van der Waals surface area contributed by atoms with Gasteiger partial charge < -0.3 is 10.1 Å². The minimum Gasteiger partial charge on any atom is -0.372 e. The normalized spacial score (nSPS) is 19.7. The molecule has 0 spiro atoms. The molecule has 1 fully saturated rings. The van der Waals surface area contributed by atoms with Crippen LogP contribution in [0.25, 0.3) is 0 Å². The summed E-state index contributed by atoms with van der Waals surface area (Å²) in [4.78, 5) is 12.4. The molecule has 1 saturated heterocycles. The summed E-state index contributed by atoms with van der Waals surface area (Å²) in [5.41, 5.74) is 1.45. The van der Waals surface area contributed by atoms with E-state index in [0.29, 0.717) is 22.5 Å². The van der Waals surface area contributed by atoms with Crippen LogP contribution < -0.4 is 5.32 Å². The smallest absolute Gasteiger partial charge is 0.245 e. The Morgan fingerprint density at radius 1 is 1.23 bits per heavy atom. The molecule has 30 heavy (non-hydrogen) atoms. The van der Waals surface area contributed by atoms with Gasteiger partial charge in [-0.3, -0.25) is 4.79 Å². The average molecular weight is 536 g/mol. The summed E-state index contributed by atoms with van der Waals surface area (Å²) >= 11 is 15.8. The SMILES string of the molecule is CNC(=O)[C@@H]1C[C@@H](OCc2ccccc2)CN1S(=O)(=O)c1ccc(Cl)c(CBr)c1Cl. The van der Waals surface area contributed by atoms with E-state index in [-0.39, 0.29) is 22.9 Å². The van der Waals surface area contributed by atoms with Crippen molar-refractivity contribution < 1.29 is 17.9 Å². The summed E-state index contributed by atoms with van der Waals surface area (Å²) in [6, 6.07) is 11.5. The summed E-state index contributed by atoms with van der Waals surface area (Å²) in [7, 11) is -2.58. The zero-order valence-electron chi connectivity index (χ0n) is 16.1. The number of rotatable bonds is 7. The highest BCUT2D eigenvalue weighted by molar-refractivity contribution is 9.08. The molecule has 6 nitrogen and oxygen atoms in total. The molecule has 3 rings (SSSR count). The van der Waals surface area contributed by atoms with E-state index in [1.165, 1.54) is 19.2 Å².